The predicted octanol–water partition coefficient (Wildman–Crippen LogP) is 2.28. The van der Waals surface area contributed by atoms with Gasteiger partial charge in [-0.1, -0.05) is 35.5 Å². The van der Waals surface area contributed by atoms with Crippen LogP contribution in [0.3, 0.4) is 0 Å². The van der Waals surface area contributed by atoms with Crippen LogP contribution in [-0.2, 0) is 18.4 Å². The summed E-state index contributed by atoms with van der Waals surface area (Å²) in [6.07, 6.45) is 0. The first-order chi connectivity index (χ1) is 9.97. The lowest BCUT2D eigenvalue weighted by Gasteiger charge is -2.17. The summed E-state index contributed by atoms with van der Waals surface area (Å²) in [5.74, 6) is -0.246. The highest BCUT2D eigenvalue weighted by Gasteiger charge is 2.14. The number of carboxylic acid groups (broad SMARTS) is 1. The highest BCUT2D eigenvalue weighted by atomic mass is 35.5. The summed E-state index contributed by atoms with van der Waals surface area (Å²) >= 11 is 7.11. The molecule has 2 rings (SSSR count). The molecule has 1 aromatic heterocycles. The number of benzene rings is 1. The molecule has 0 radical (unpaired) electrons. The zero-order valence-corrected chi connectivity index (χ0v) is 13.2. The Labute approximate surface area is 131 Å². The van der Waals surface area contributed by atoms with Crippen molar-refractivity contribution in [3.05, 3.63) is 34.9 Å². The topological polar surface area (TPSA) is 71.2 Å². The van der Waals surface area contributed by atoms with Crippen LogP contribution in [0.25, 0.3) is 0 Å². The van der Waals surface area contributed by atoms with Crippen molar-refractivity contribution in [1.29, 1.82) is 0 Å². The van der Waals surface area contributed by atoms with E-state index in [2.05, 4.69) is 10.2 Å². The lowest BCUT2D eigenvalue weighted by Crippen LogP contribution is -2.20. The van der Waals surface area contributed by atoms with E-state index >= 15 is 0 Å². The van der Waals surface area contributed by atoms with Gasteiger partial charge in [0.25, 0.3) is 0 Å². The van der Waals surface area contributed by atoms with Crippen molar-refractivity contribution in [2.75, 3.05) is 17.7 Å². The largest absolute Gasteiger partial charge is 0.481 e. The van der Waals surface area contributed by atoms with Crippen LogP contribution in [0, 0.1) is 0 Å². The molecule has 6 nitrogen and oxygen atoms in total. The van der Waals surface area contributed by atoms with Gasteiger partial charge in [-0.3, -0.25) is 9.36 Å². The van der Waals surface area contributed by atoms with Gasteiger partial charge < -0.3 is 10.0 Å². The van der Waals surface area contributed by atoms with Gasteiger partial charge in [-0.15, -0.1) is 10.2 Å². The maximum Gasteiger partial charge on any atom is 0.313 e. The second-order valence-corrected chi connectivity index (χ2v) is 5.89. The van der Waals surface area contributed by atoms with Crippen molar-refractivity contribution in [3.8, 4) is 0 Å². The second kappa shape index (κ2) is 6.82. The van der Waals surface area contributed by atoms with E-state index in [0.717, 1.165) is 17.3 Å². The predicted molar refractivity (Wildman–Crippen MR) is 82.9 cm³/mol. The number of thioether (sulfide) groups is 1. The third-order valence-corrected chi connectivity index (χ3v) is 4.03. The number of nitrogens with zero attached hydrogens (tertiary/aromatic N) is 4. The normalized spacial score (nSPS) is 10.6. The Bertz CT molecular complexity index is 647. The fourth-order valence-electron chi connectivity index (χ4n) is 1.87. The fraction of sp³-hybridized carbons (Fsp3) is 0.308. The monoisotopic (exact) mass is 326 g/mol. The van der Waals surface area contributed by atoms with E-state index in [1.165, 1.54) is 0 Å². The Kier molecular flexibility index (Phi) is 5.08. The number of hydrogen-bond acceptors (Lipinski definition) is 5. The van der Waals surface area contributed by atoms with Crippen LogP contribution >= 0.6 is 23.4 Å². The highest BCUT2D eigenvalue weighted by Crippen LogP contribution is 2.21. The Hall–Kier alpha value is -1.73. The molecule has 0 saturated carbocycles. The average Bonchev–Trinajstić information content (AvgIpc) is 2.77. The molecule has 0 bridgehead atoms. The molecule has 0 aliphatic carbocycles. The van der Waals surface area contributed by atoms with Crippen molar-refractivity contribution in [1.82, 2.24) is 14.8 Å². The Morgan fingerprint density at radius 2 is 2.24 bits per heavy atom. The summed E-state index contributed by atoms with van der Waals surface area (Å²) < 4.78 is 1.78. The van der Waals surface area contributed by atoms with Gasteiger partial charge in [-0.05, 0) is 17.7 Å². The molecule has 0 amide bonds. The molecule has 0 saturated heterocycles. The third kappa shape index (κ3) is 4.12. The SMILES string of the molecule is CN(Cc1cccc(Cl)c1)c1nnc(SCC(=O)O)n1C. The summed E-state index contributed by atoms with van der Waals surface area (Å²) in [7, 11) is 3.71. The van der Waals surface area contributed by atoms with E-state index in [4.69, 9.17) is 16.7 Å². The smallest absolute Gasteiger partial charge is 0.313 e. The van der Waals surface area contributed by atoms with E-state index < -0.39 is 5.97 Å². The first-order valence-electron chi connectivity index (χ1n) is 6.17. The molecule has 1 aromatic carbocycles. The van der Waals surface area contributed by atoms with Gasteiger partial charge >= 0.3 is 5.97 Å². The van der Waals surface area contributed by atoms with Crippen LogP contribution in [0.1, 0.15) is 5.56 Å². The van der Waals surface area contributed by atoms with Crippen LogP contribution in [0.4, 0.5) is 5.95 Å². The first kappa shape index (κ1) is 15.7. The number of aromatic nitrogens is 3. The molecule has 0 spiro atoms. The molecule has 0 atom stereocenters. The van der Waals surface area contributed by atoms with Crippen LogP contribution in [0.5, 0.6) is 0 Å². The summed E-state index contributed by atoms with van der Waals surface area (Å²) in [6.45, 7) is 0.635. The van der Waals surface area contributed by atoms with Crippen LogP contribution in [0.15, 0.2) is 29.4 Å². The van der Waals surface area contributed by atoms with Crippen molar-refractivity contribution in [3.63, 3.8) is 0 Å². The number of carboxylic acids is 1. The van der Waals surface area contributed by atoms with Crippen molar-refractivity contribution in [2.24, 2.45) is 7.05 Å². The van der Waals surface area contributed by atoms with Gasteiger partial charge in [0.2, 0.25) is 5.95 Å². The third-order valence-electron chi connectivity index (χ3n) is 2.79. The number of carbonyl (C=O) groups is 1. The molecule has 0 aliphatic heterocycles. The molecule has 2 aromatic rings. The van der Waals surface area contributed by atoms with Gasteiger partial charge in [-0.2, -0.15) is 0 Å². The number of hydrogen-bond donors (Lipinski definition) is 1. The van der Waals surface area contributed by atoms with Gasteiger partial charge in [0.15, 0.2) is 5.16 Å². The van der Waals surface area contributed by atoms with Gasteiger partial charge in [0.1, 0.15) is 0 Å². The fourth-order valence-corrected chi connectivity index (χ4v) is 2.71. The molecule has 21 heavy (non-hydrogen) atoms. The van der Waals surface area contributed by atoms with E-state index in [1.807, 2.05) is 43.3 Å². The van der Waals surface area contributed by atoms with Crippen molar-refractivity contribution in [2.45, 2.75) is 11.7 Å². The Balaban J connectivity index is 2.09. The van der Waals surface area contributed by atoms with Crippen LogP contribution in [-0.4, -0.2) is 38.6 Å². The molecule has 0 aliphatic rings. The molecule has 0 unspecified atom stereocenters. The van der Waals surface area contributed by atoms with Crippen LogP contribution in [0.2, 0.25) is 5.02 Å². The minimum absolute atomic E-state index is 0.0377. The van der Waals surface area contributed by atoms with Gasteiger partial charge in [-0.25, -0.2) is 0 Å². The minimum Gasteiger partial charge on any atom is -0.481 e. The summed E-state index contributed by atoms with van der Waals surface area (Å²) in [6, 6.07) is 7.61. The van der Waals surface area contributed by atoms with E-state index in [0.29, 0.717) is 22.7 Å². The molecule has 112 valence electrons. The Morgan fingerprint density at radius 3 is 2.90 bits per heavy atom. The van der Waals surface area contributed by atoms with E-state index in [1.54, 1.807) is 4.57 Å². The second-order valence-electron chi connectivity index (χ2n) is 4.51. The molecular formula is C13H15ClN4O2S. The lowest BCUT2D eigenvalue weighted by molar-refractivity contribution is -0.133. The van der Waals surface area contributed by atoms with Gasteiger partial charge in [0, 0.05) is 25.7 Å². The zero-order valence-electron chi connectivity index (χ0n) is 11.7. The maximum atomic E-state index is 10.6. The summed E-state index contributed by atoms with van der Waals surface area (Å²) in [5.41, 5.74) is 1.06. The number of halogens is 1. The maximum absolute atomic E-state index is 10.6. The lowest BCUT2D eigenvalue weighted by atomic mass is 10.2. The quantitative estimate of drug-likeness (QED) is 0.821. The van der Waals surface area contributed by atoms with Gasteiger partial charge in [0.05, 0.1) is 5.75 Å². The number of rotatable bonds is 6. The molecule has 1 N–H and O–H groups in total. The first-order valence-corrected chi connectivity index (χ1v) is 7.53. The zero-order chi connectivity index (χ0) is 15.4. The minimum atomic E-state index is -0.878. The number of aliphatic carboxylic acids is 1. The summed E-state index contributed by atoms with van der Waals surface area (Å²) in [5, 5.41) is 18.1. The van der Waals surface area contributed by atoms with Crippen molar-refractivity contribution >= 4 is 35.3 Å². The molecule has 8 heteroatoms. The average molecular weight is 327 g/mol. The number of anilines is 1. The Morgan fingerprint density at radius 1 is 1.48 bits per heavy atom. The van der Waals surface area contributed by atoms with Crippen molar-refractivity contribution < 1.29 is 9.90 Å². The summed E-state index contributed by atoms with van der Waals surface area (Å²) in [4.78, 5) is 12.5. The molecule has 1 heterocycles. The van der Waals surface area contributed by atoms with Crippen LogP contribution < -0.4 is 4.90 Å². The highest BCUT2D eigenvalue weighted by molar-refractivity contribution is 7.99. The molecule has 0 fully saturated rings. The molecular weight excluding hydrogens is 312 g/mol. The van der Waals surface area contributed by atoms with E-state index in [-0.39, 0.29) is 5.75 Å². The van der Waals surface area contributed by atoms with E-state index in [9.17, 15) is 4.79 Å². The standard InChI is InChI=1S/C13H15ClN4O2S/c1-17(7-9-4-3-5-10(14)6-9)12-15-16-13(18(12)2)21-8-11(19)20/h3-6H,7-8H2,1-2H3,(H,19,20).